The predicted molar refractivity (Wildman–Crippen MR) is 50.3 cm³/mol. The van der Waals surface area contributed by atoms with Gasteiger partial charge in [-0.15, -0.1) is 0 Å². The molecule has 2 amide bonds. The van der Waals surface area contributed by atoms with Crippen molar-refractivity contribution in [3.05, 3.63) is 0 Å². The molecule has 0 bridgehead atoms. The van der Waals surface area contributed by atoms with E-state index >= 15 is 0 Å². The number of nitrogens with two attached hydrogens (primary N) is 1. The summed E-state index contributed by atoms with van der Waals surface area (Å²) in [6.45, 7) is 1.37. The van der Waals surface area contributed by atoms with Crippen LogP contribution in [0.25, 0.3) is 0 Å². The quantitative estimate of drug-likeness (QED) is 0.543. The molecule has 2 atom stereocenters. The van der Waals surface area contributed by atoms with Crippen LogP contribution in [0.5, 0.6) is 0 Å². The molecular formula is C9H17N3O. The van der Waals surface area contributed by atoms with Crippen LogP contribution in [0.1, 0.15) is 25.7 Å². The maximum Gasteiger partial charge on any atom is 0.315 e. The first-order valence-electron chi connectivity index (χ1n) is 5.03. The van der Waals surface area contributed by atoms with Gasteiger partial charge in [-0.1, -0.05) is 12.8 Å². The molecule has 74 valence electrons. The van der Waals surface area contributed by atoms with Crippen LogP contribution in [0, 0.1) is 5.92 Å². The molecule has 0 aromatic heterocycles. The van der Waals surface area contributed by atoms with E-state index in [0.717, 1.165) is 13.0 Å². The zero-order chi connectivity index (χ0) is 9.31. The maximum atomic E-state index is 11.2. The van der Waals surface area contributed by atoms with E-state index in [1.54, 1.807) is 0 Å². The molecule has 0 radical (unpaired) electrons. The SMILES string of the molecule is NCC12CCCCC1CNC(=O)N2. The van der Waals surface area contributed by atoms with Crippen molar-refractivity contribution in [2.45, 2.75) is 31.2 Å². The van der Waals surface area contributed by atoms with Crippen LogP contribution in [0.3, 0.4) is 0 Å². The predicted octanol–water partition coefficient (Wildman–Crippen LogP) is 0.187. The first-order chi connectivity index (χ1) is 6.27. The molecule has 2 rings (SSSR count). The zero-order valence-electron chi connectivity index (χ0n) is 7.81. The minimum absolute atomic E-state index is 0.0522. The van der Waals surface area contributed by atoms with Crippen LogP contribution in [0.4, 0.5) is 4.79 Å². The summed E-state index contributed by atoms with van der Waals surface area (Å²) < 4.78 is 0. The molecule has 0 aromatic rings. The van der Waals surface area contributed by atoms with Gasteiger partial charge in [-0.25, -0.2) is 4.79 Å². The van der Waals surface area contributed by atoms with E-state index < -0.39 is 0 Å². The monoisotopic (exact) mass is 183 g/mol. The van der Waals surface area contributed by atoms with Crippen LogP contribution in [-0.2, 0) is 0 Å². The van der Waals surface area contributed by atoms with E-state index in [0.29, 0.717) is 12.5 Å². The van der Waals surface area contributed by atoms with Crippen molar-refractivity contribution in [1.29, 1.82) is 0 Å². The summed E-state index contributed by atoms with van der Waals surface area (Å²) >= 11 is 0. The molecule has 1 heterocycles. The Balaban J connectivity index is 2.16. The Morgan fingerprint density at radius 1 is 1.54 bits per heavy atom. The van der Waals surface area contributed by atoms with E-state index in [1.165, 1.54) is 19.3 Å². The highest BCUT2D eigenvalue weighted by atomic mass is 16.2. The Labute approximate surface area is 78.2 Å². The van der Waals surface area contributed by atoms with Gasteiger partial charge >= 0.3 is 6.03 Å². The molecule has 1 aliphatic carbocycles. The molecule has 1 saturated heterocycles. The highest BCUT2D eigenvalue weighted by Crippen LogP contribution is 2.34. The zero-order valence-corrected chi connectivity index (χ0v) is 7.81. The van der Waals surface area contributed by atoms with Crippen molar-refractivity contribution >= 4 is 6.03 Å². The molecule has 4 N–H and O–H groups in total. The van der Waals surface area contributed by atoms with Crippen LogP contribution >= 0.6 is 0 Å². The van der Waals surface area contributed by atoms with E-state index in [4.69, 9.17) is 5.73 Å². The third-order valence-corrected chi connectivity index (χ3v) is 3.44. The average molecular weight is 183 g/mol. The topological polar surface area (TPSA) is 67.1 Å². The molecule has 4 nitrogen and oxygen atoms in total. The van der Waals surface area contributed by atoms with E-state index in [2.05, 4.69) is 10.6 Å². The minimum Gasteiger partial charge on any atom is -0.338 e. The second-order valence-electron chi connectivity index (χ2n) is 4.14. The molecule has 2 aliphatic rings. The fraction of sp³-hybridized carbons (Fsp3) is 0.889. The van der Waals surface area contributed by atoms with Crippen molar-refractivity contribution in [3.63, 3.8) is 0 Å². The van der Waals surface area contributed by atoms with Gasteiger partial charge in [-0.05, 0) is 12.8 Å². The Hall–Kier alpha value is -0.770. The third kappa shape index (κ3) is 1.39. The smallest absolute Gasteiger partial charge is 0.315 e. The van der Waals surface area contributed by atoms with E-state index in [1.807, 2.05) is 0 Å². The number of carbonyl (C=O) groups excluding carboxylic acids is 1. The summed E-state index contributed by atoms with van der Waals surface area (Å²) in [5.74, 6) is 0.531. The van der Waals surface area contributed by atoms with Gasteiger partial charge in [0.25, 0.3) is 0 Å². The summed E-state index contributed by atoms with van der Waals surface area (Å²) in [6, 6.07) is -0.0522. The van der Waals surface area contributed by atoms with Gasteiger partial charge in [-0.2, -0.15) is 0 Å². The number of hydrogen-bond acceptors (Lipinski definition) is 2. The Morgan fingerprint density at radius 3 is 3.15 bits per heavy atom. The lowest BCUT2D eigenvalue weighted by Crippen LogP contribution is -2.68. The molecule has 2 unspecified atom stereocenters. The van der Waals surface area contributed by atoms with Crippen LogP contribution in [0.2, 0.25) is 0 Å². The summed E-state index contributed by atoms with van der Waals surface area (Å²) in [7, 11) is 0. The first kappa shape index (κ1) is 8.81. The number of rotatable bonds is 1. The number of carbonyl (C=O) groups is 1. The summed E-state index contributed by atoms with van der Waals surface area (Å²) in [5, 5.41) is 5.84. The lowest BCUT2D eigenvalue weighted by atomic mass is 9.71. The second-order valence-corrected chi connectivity index (χ2v) is 4.14. The molecule has 13 heavy (non-hydrogen) atoms. The number of nitrogens with one attached hydrogen (secondary N) is 2. The molecule has 0 aromatic carbocycles. The summed E-state index contributed by atoms with van der Waals surface area (Å²) in [5.41, 5.74) is 5.67. The Morgan fingerprint density at radius 2 is 2.38 bits per heavy atom. The van der Waals surface area contributed by atoms with Gasteiger partial charge in [0.1, 0.15) is 0 Å². The van der Waals surface area contributed by atoms with Crippen LogP contribution in [-0.4, -0.2) is 24.7 Å². The lowest BCUT2D eigenvalue weighted by Gasteiger charge is -2.47. The lowest BCUT2D eigenvalue weighted by molar-refractivity contribution is 0.126. The number of hydrogen-bond donors (Lipinski definition) is 3. The molecule has 1 aliphatic heterocycles. The molecule has 1 saturated carbocycles. The molecule has 2 fully saturated rings. The average Bonchev–Trinajstić information content (AvgIpc) is 2.17. The highest BCUT2D eigenvalue weighted by Gasteiger charge is 2.43. The maximum absolute atomic E-state index is 11.2. The number of fused-ring (bicyclic) bond motifs is 1. The van der Waals surface area contributed by atoms with Gasteiger partial charge in [0.05, 0.1) is 5.54 Å². The Bertz CT molecular complexity index is 219. The normalized spacial score (nSPS) is 38.8. The van der Waals surface area contributed by atoms with Gasteiger partial charge in [-0.3, -0.25) is 0 Å². The van der Waals surface area contributed by atoms with Gasteiger partial charge in [0, 0.05) is 19.0 Å². The fourth-order valence-corrected chi connectivity index (χ4v) is 2.58. The molecule has 0 spiro atoms. The van der Waals surface area contributed by atoms with Crippen LogP contribution < -0.4 is 16.4 Å². The summed E-state index contributed by atoms with van der Waals surface area (Å²) in [6.07, 6.45) is 4.68. The van der Waals surface area contributed by atoms with Gasteiger partial charge in [0.15, 0.2) is 0 Å². The third-order valence-electron chi connectivity index (χ3n) is 3.44. The standard InChI is InChI=1S/C9H17N3O/c10-6-9-4-2-1-3-7(9)5-11-8(13)12-9/h7H,1-6,10H2,(H2,11,12,13). The highest BCUT2D eigenvalue weighted by molar-refractivity contribution is 5.76. The number of amides is 2. The van der Waals surface area contributed by atoms with E-state index in [9.17, 15) is 4.79 Å². The van der Waals surface area contributed by atoms with Gasteiger partial charge < -0.3 is 16.4 Å². The second kappa shape index (κ2) is 3.18. The van der Waals surface area contributed by atoms with Crippen molar-refractivity contribution in [2.24, 2.45) is 11.7 Å². The van der Waals surface area contributed by atoms with Gasteiger partial charge in [0.2, 0.25) is 0 Å². The van der Waals surface area contributed by atoms with E-state index in [-0.39, 0.29) is 11.6 Å². The molecular weight excluding hydrogens is 166 g/mol. The van der Waals surface area contributed by atoms with Crippen molar-refractivity contribution in [3.8, 4) is 0 Å². The fourth-order valence-electron chi connectivity index (χ4n) is 2.58. The Kier molecular flexibility index (Phi) is 2.15. The van der Waals surface area contributed by atoms with Crippen molar-refractivity contribution in [1.82, 2.24) is 10.6 Å². The largest absolute Gasteiger partial charge is 0.338 e. The summed E-state index contributed by atoms with van der Waals surface area (Å²) in [4.78, 5) is 11.2. The van der Waals surface area contributed by atoms with Crippen LogP contribution in [0.15, 0.2) is 0 Å². The molecule has 4 heteroatoms. The number of urea groups is 1. The minimum atomic E-state index is -0.0966. The van der Waals surface area contributed by atoms with Crippen molar-refractivity contribution < 1.29 is 4.79 Å². The first-order valence-corrected chi connectivity index (χ1v) is 5.03. The van der Waals surface area contributed by atoms with Crippen molar-refractivity contribution in [2.75, 3.05) is 13.1 Å².